The Bertz CT molecular complexity index is 1010. The summed E-state index contributed by atoms with van der Waals surface area (Å²) in [4.78, 5) is 75.0. The van der Waals surface area contributed by atoms with Gasteiger partial charge in [-0.2, -0.15) is 0 Å². The standard InChI is InChI=1S/C24H30N4O8/c1-3-20(31)36-21(35-15(2)29)14-25-23(33)18-10-7-13-27-19(30)12-11-17(24(34)28(18)27)26-22(32)16-8-5-4-6-9-16/h4-6,8-9,17-18,21H,3,7,10-14H2,1-2H3,(H,25,33)(H,26,32)/t17-,18-,21?/m0/s1. The number of benzene rings is 1. The fraction of sp³-hybridized carbons (Fsp3) is 0.500. The van der Waals surface area contributed by atoms with Crippen molar-refractivity contribution in [2.45, 2.75) is 64.3 Å². The fourth-order valence-corrected chi connectivity index (χ4v) is 4.06. The predicted octanol–water partition coefficient (Wildman–Crippen LogP) is 0.272. The minimum Gasteiger partial charge on any atom is -0.423 e. The van der Waals surface area contributed by atoms with Gasteiger partial charge in [0.25, 0.3) is 18.1 Å². The number of carbonyl (C=O) groups excluding carboxylic acids is 6. The lowest BCUT2D eigenvalue weighted by atomic mass is 10.1. The van der Waals surface area contributed by atoms with Crippen LogP contribution in [0.4, 0.5) is 0 Å². The van der Waals surface area contributed by atoms with Crippen LogP contribution in [0.25, 0.3) is 0 Å². The largest absolute Gasteiger partial charge is 0.423 e. The van der Waals surface area contributed by atoms with Crippen molar-refractivity contribution in [3.8, 4) is 0 Å². The Morgan fingerprint density at radius 3 is 2.47 bits per heavy atom. The fourth-order valence-electron chi connectivity index (χ4n) is 4.06. The van der Waals surface area contributed by atoms with Gasteiger partial charge in [-0.1, -0.05) is 25.1 Å². The first-order chi connectivity index (χ1) is 17.2. The van der Waals surface area contributed by atoms with Crippen LogP contribution in [-0.4, -0.2) is 77.0 Å². The number of rotatable bonds is 8. The van der Waals surface area contributed by atoms with Gasteiger partial charge in [-0.3, -0.25) is 33.8 Å². The third-order valence-corrected chi connectivity index (χ3v) is 5.80. The first-order valence-corrected chi connectivity index (χ1v) is 11.8. The third-order valence-electron chi connectivity index (χ3n) is 5.80. The first-order valence-electron chi connectivity index (χ1n) is 11.8. The highest BCUT2D eigenvalue weighted by Gasteiger charge is 2.44. The number of hydrogen-bond acceptors (Lipinski definition) is 8. The van der Waals surface area contributed by atoms with Gasteiger partial charge in [-0.15, -0.1) is 0 Å². The Morgan fingerprint density at radius 1 is 1.08 bits per heavy atom. The highest BCUT2D eigenvalue weighted by molar-refractivity contribution is 5.99. The van der Waals surface area contributed by atoms with Crippen molar-refractivity contribution in [3.63, 3.8) is 0 Å². The summed E-state index contributed by atoms with van der Waals surface area (Å²) in [5.41, 5.74) is 0.365. The average molecular weight is 503 g/mol. The maximum absolute atomic E-state index is 13.5. The molecule has 3 rings (SSSR count). The van der Waals surface area contributed by atoms with Crippen molar-refractivity contribution in [3.05, 3.63) is 35.9 Å². The van der Waals surface area contributed by atoms with Crippen molar-refractivity contribution in [2.24, 2.45) is 0 Å². The van der Waals surface area contributed by atoms with Crippen molar-refractivity contribution < 1.29 is 38.2 Å². The Kier molecular flexibility index (Phi) is 8.98. The molecule has 12 nitrogen and oxygen atoms in total. The molecule has 36 heavy (non-hydrogen) atoms. The monoisotopic (exact) mass is 502 g/mol. The van der Waals surface area contributed by atoms with E-state index < -0.39 is 48.0 Å². The van der Waals surface area contributed by atoms with Crippen LogP contribution in [0, 0.1) is 0 Å². The summed E-state index contributed by atoms with van der Waals surface area (Å²) < 4.78 is 9.97. The summed E-state index contributed by atoms with van der Waals surface area (Å²) in [6, 6.07) is 6.33. The quantitative estimate of drug-likeness (QED) is 0.380. The topological polar surface area (TPSA) is 151 Å². The summed E-state index contributed by atoms with van der Waals surface area (Å²) >= 11 is 0. The second-order valence-electron chi connectivity index (χ2n) is 8.42. The van der Waals surface area contributed by atoms with Crippen LogP contribution in [0.2, 0.25) is 0 Å². The molecule has 194 valence electrons. The molecule has 0 spiro atoms. The second kappa shape index (κ2) is 12.1. The molecule has 2 aliphatic rings. The van der Waals surface area contributed by atoms with Crippen molar-refractivity contribution in [1.82, 2.24) is 20.7 Å². The third kappa shape index (κ3) is 6.58. The lowest BCUT2D eigenvalue weighted by Gasteiger charge is -2.43. The molecular weight excluding hydrogens is 472 g/mol. The number of amides is 4. The molecule has 2 heterocycles. The summed E-state index contributed by atoms with van der Waals surface area (Å²) in [5.74, 6) is -3.29. The van der Waals surface area contributed by atoms with E-state index in [1.165, 1.54) is 5.01 Å². The summed E-state index contributed by atoms with van der Waals surface area (Å²) in [6.07, 6.45) is -0.417. The van der Waals surface area contributed by atoms with Crippen LogP contribution < -0.4 is 10.6 Å². The van der Waals surface area contributed by atoms with Gasteiger partial charge in [-0.25, -0.2) is 5.01 Å². The van der Waals surface area contributed by atoms with Crippen molar-refractivity contribution in [1.29, 1.82) is 0 Å². The second-order valence-corrected chi connectivity index (χ2v) is 8.42. The number of esters is 2. The molecule has 2 N–H and O–H groups in total. The van der Waals surface area contributed by atoms with Gasteiger partial charge in [0.05, 0.1) is 6.54 Å². The van der Waals surface area contributed by atoms with E-state index in [1.54, 1.807) is 37.3 Å². The molecule has 0 aliphatic carbocycles. The van der Waals surface area contributed by atoms with E-state index in [2.05, 4.69) is 10.6 Å². The van der Waals surface area contributed by atoms with Gasteiger partial charge in [0, 0.05) is 31.9 Å². The summed E-state index contributed by atoms with van der Waals surface area (Å²) in [6.45, 7) is 2.64. The number of fused-ring (bicyclic) bond motifs is 1. The number of nitrogens with zero attached hydrogens (tertiary/aromatic N) is 2. The predicted molar refractivity (Wildman–Crippen MR) is 123 cm³/mol. The Morgan fingerprint density at radius 2 is 1.81 bits per heavy atom. The van der Waals surface area contributed by atoms with Crippen LogP contribution in [0.3, 0.4) is 0 Å². The number of ether oxygens (including phenoxy) is 2. The van der Waals surface area contributed by atoms with Crippen LogP contribution in [0.5, 0.6) is 0 Å². The molecule has 2 saturated heterocycles. The molecule has 0 saturated carbocycles. The minimum absolute atomic E-state index is 0.0256. The molecule has 12 heteroatoms. The van der Waals surface area contributed by atoms with E-state index in [0.717, 1.165) is 11.9 Å². The summed E-state index contributed by atoms with van der Waals surface area (Å²) in [7, 11) is 0. The molecule has 1 aromatic rings. The maximum atomic E-state index is 13.5. The molecule has 1 aromatic carbocycles. The first kappa shape index (κ1) is 26.6. The molecule has 3 atom stereocenters. The molecule has 0 bridgehead atoms. The van der Waals surface area contributed by atoms with Gasteiger partial charge in [-0.05, 0) is 31.4 Å². The van der Waals surface area contributed by atoms with Gasteiger partial charge in [0.2, 0.25) is 11.8 Å². The molecule has 0 radical (unpaired) electrons. The molecule has 0 aromatic heterocycles. The molecule has 4 amide bonds. The zero-order valence-corrected chi connectivity index (χ0v) is 20.2. The van der Waals surface area contributed by atoms with Crippen LogP contribution >= 0.6 is 0 Å². The Balaban J connectivity index is 1.74. The van der Waals surface area contributed by atoms with E-state index in [4.69, 9.17) is 9.47 Å². The van der Waals surface area contributed by atoms with Crippen LogP contribution in [-0.2, 0) is 33.4 Å². The van der Waals surface area contributed by atoms with Crippen molar-refractivity contribution in [2.75, 3.05) is 13.1 Å². The zero-order valence-electron chi connectivity index (χ0n) is 20.2. The lowest BCUT2D eigenvalue weighted by molar-refractivity contribution is -0.186. The number of hydrogen-bond donors (Lipinski definition) is 2. The molecule has 2 aliphatic heterocycles. The highest BCUT2D eigenvalue weighted by Crippen LogP contribution is 2.25. The SMILES string of the molecule is CCC(=O)OC(CNC(=O)[C@@H]1CCCN2C(=O)CC[C@H](NC(=O)c3ccccc3)C(=O)N12)OC(C)=O. The molecule has 1 unspecified atom stereocenters. The minimum atomic E-state index is -1.34. The van der Waals surface area contributed by atoms with Crippen LogP contribution in [0.15, 0.2) is 30.3 Å². The van der Waals surface area contributed by atoms with E-state index in [9.17, 15) is 28.8 Å². The molecular formula is C24H30N4O8. The van der Waals surface area contributed by atoms with Gasteiger partial charge in [0.1, 0.15) is 12.1 Å². The van der Waals surface area contributed by atoms with Gasteiger partial charge in [0.15, 0.2) is 0 Å². The number of nitrogens with one attached hydrogen (secondary N) is 2. The van der Waals surface area contributed by atoms with Gasteiger partial charge >= 0.3 is 11.9 Å². The average Bonchev–Trinajstić information content (AvgIpc) is 2.99. The number of carbonyl (C=O) groups is 6. The lowest BCUT2D eigenvalue weighted by Crippen LogP contribution is -2.64. The Labute approximate surface area is 208 Å². The van der Waals surface area contributed by atoms with Crippen molar-refractivity contribution >= 4 is 35.6 Å². The van der Waals surface area contributed by atoms with E-state index in [0.29, 0.717) is 12.0 Å². The highest BCUT2D eigenvalue weighted by atomic mass is 16.7. The normalized spacial score (nSPS) is 20.5. The smallest absolute Gasteiger partial charge is 0.308 e. The van der Waals surface area contributed by atoms with Crippen LogP contribution in [0.1, 0.15) is 56.3 Å². The van der Waals surface area contributed by atoms with Gasteiger partial charge < -0.3 is 20.1 Å². The number of hydrazine groups is 1. The maximum Gasteiger partial charge on any atom is 0.308 e. The summed E-state index contributed by atoms with van der Waals surface area (Å²) in [5, 5.41) is 7.60. The van der Waals surface area contributed by atoms with E-state index in [1.807, 2.05) is 0 Å². The molecule has 2 fully saturated rings. The Hall–Kier alpha value is -3.96. The van der Waals surface area contributed by atoms with E-state index >= 15 is 0 Å². The zero-order chi connectivity index (χ0) is 26.2. The van der Waals surface area contributed by atoms with E-state index in [-0.39, 0.29) is 44.7 Å².